The van der Waals surface area contributed by atoms with Crippen LogP contribution in [0.4, 0.5) is 17.3 Å². The van der Waals surface area contributed by atoms with Crippen LogP contribution in [0.2, 0.25) is 0 Å². The molecule has 0 bridgehead atoms. The number of nitrogens with zero attached hydrogens (tertiary/aromatic N) is 5. The van der Waals surface area contributed by atoms with Crippen LogP contribution in [-0.4, -0.2) is 69.1 Å². The smallest absolute Gasteiger partial charge is 0.272 e. The number of nitrogens with one attached hydrogen (secondary N) is 3. The third kappa shape index (κ3) is 5.28. The first-order valence-electron chi connectivity index (χ1n) is 11.0. The Balaban J connectivity index is 1.36. The van der Waals surface area contributed by atoms with Crippen molar-refractivity contribution >= 4 is 29.1 Å². The number of aromatic amines is 1. The normalized spacial score (nSPS) is 13.8. The first-order valence-corrected chi connectivity index (χ1v) is 11.0. The molecule has 0 atom stereocenters. The van der Waals surface area contributed by atoms with Gasteiger partial charge in [-0.25, -0.2) is 4.98 Å². The van der Waals surface area contributed by atoms with E-state index >= 15 is 0 Å². The molecule has 1 fully saturated rings. The predicted molar refractivity (Wildman–Crippen MR) is 127 cm³/mol. The maximum absolute atomic E-state index is 12.9. The molecule has 0 aromatic carbocycles. The number of piperazine rings is 1. The van der Waals surface area contributed by atoms with Gasteiger partial charge < -0.3 is 20.4 Å². The minimum atomic E-state index is -0.331. The van der Waals surface area contributed by atoms with Crippen LogP contribution in [0.1, 0.15) is 40.4 Å². The summed E-state index contributed by atoms with van der Waals surface area (Å²) in [6, 6.07) is 9.16. The largest absolute Gasteiger partial charge is 0.380 e. The molecule has 0 saturated carbocycles. The fraction of sp³-hybridized carbons (Fsp3) is 0.348. The van der Waals surface area contributed by atoms with Crippen LogP contribution < -0.4 is 15.5 Å². The molecule has 2 amide bonds. The molecule has 33 heavy (non-hydrogen) atoms. The van der Waals surface area contributed by atoms with Crippen LogP contribution in [0.15, 0.2) is 42.7 Å². The highest BCUT2D eigenvalue weighted by molar-refractivity contribution is 6.04. The molecule has 172 valence electrons. The van der Waals surface area contributed by atoms with Crippen LogP contribution >= 0.6 is 0 Å². The first-order chi connectivity index (χ1) is 15.9. The Morgan fingerprint density at radius 2 is 1.88 bits per heavy atom. The fourth-order valence-corrected chi connectivity index (χ4v) is 3.68. The van der Waals surface area contributed by atoms with Crippen molar-refractivity contribution in [1.82, 2.24) is 25.1 Å². The monoisotopic (exact) mass is 448 g/mol. The number of amides is 2. The number of carbonyl (C=O) groups is 2. The van der Waals surface area contributed by atoms with Crippen molar-refractivity contribution < 1.29 is 9.59 Å². The lowest BCUT2D eigenvalue weighted by atomic mass is 10.2. The van der Waals surface area contributed by atoms with Gasteiger partial charge in [0.05, 0.1) is 11.3 Å². The van der Waals surface area contributed by atoms with Gasteiger partial charge in [0.1, 0.15) is 5.69 Å². The molecule has 0 radical (unpaired) electrons. The molecule has 3 aromatic heterocycles. The summed E-state index contributed by atoms with van der Waals surface area (Å²) < 4.78 is 0. The number of hydrogen-bond donors (Lipinski definition) is 3. The van der Waals surface area contributed by atoms with E-state index in [4.69, 9.17) is 0 Å². The Morgan fingerprint density at radius 3 is 2.52 bits per heavy atom. The Hall–Kier alpha value is -3.95. The second-order valence-corrected chi connectivity index (χ2v) is 8.28. The summed E-state index contributed by atoms with van der Waals surface area (Å²) in [4.78, 5) is 38.0. The number of aromatic nitrogens is 4. The summed E-state index contributed by atoms with van der Waals surface area (Å²) in [6.45, 7) is 8.53. The van der Waals surface area contributed by atoms with Crippen molar-refractivity contribution in [1.29, 1.82) is 0 Å². The van der Waals surface area contributed by atoms with Crippen molar-refractivity contribution in [3.63, 3.8) is 0 Å². The highest BCUT2D eigenvalue weighted by atomic mass is 16.2. The van der Waals surface area contributed by atoms with E-state index in [9.17, 15) is 9.59 Å². The Bertz CT molecular complexity index is 1120. The molecule has 3 aromatic rings. The molecule has 1 aliphatic heterocycles. The lowest BCUT2D eigenvalue weighted by molar-refractivity contribution is 0.0740. The summed E-state index contributed by atoms with van der Waals surface area (Å²) in [5, 5.41) is 12.9. The zero-order valence-corrected chi connectivity index (χ0v) is 19.0. The topological polar surface area (TPSA) is 119 Å². The Morgan fingerprint density at radius 1 is 1.09 bits per heavy atom. The van der Waals surface area contributed by atoms with Crippen molar-refractivity contribution in [2.75, 3.05) is 41.7 Å². The maximum atomic E-state index is 12.9. The molecule has 3 N–H and O–H groups in total. The van der Waals surface area contributed by atoms with Crippen molar-refractivity contribution in [2.24, 2.45) is 0 Å². The lowest BCUT2D eigenvalue weighted by Gasteiger charge is -2.36. The van der Waals surface area contributed by atoms with Gasteiger partial charge in [0.2, 0.25) is 0 Å². The van der Waals surface area contributed by atoms with Crippen LogP contribution in [0.3, 0.4) is 0 Å². The van der Waals surface area contributed by atoms with E-state index in [1.807, 2.05) is 19.1 Å². The second-order valence-electron chi connectivity index (χ2n) is 8.28. The number of carbonyl (C=O) groups excluding carboxylic acids is 2. The molecule has 4 rings (SSSR count). The van der Waals surface area contributed by atoms with Crippen LogP contribution in [0, 0.1) is 6.92 Å². The molecular formula is C23H28N8O2. The first kappa shape index (κ1) is 22.3. The number of rotatable bonds is 6. The van der Waals surface area contributed by atoms with E-state index in [0.29, 0.717) is 49.3 Å². The summed E-state index contributed by atoms with van der Waals surface area (Å²) in [7, 11) is 0. The van der Waals surface area contributed by atoms with Gasteiger partial charge in [-0.2, -0.15) is 5.10 Å². The molecule has 10 heteroatoms. The van der Waals surface area contributed by atoms with Crippen molar-refractivity contribution in [3.8, 4) is 0 Å². The average molecular weight is 449 g/mol. The number of anilines is 3. The second kappa shape index (κ2) is 9.68. The lowest BCUT2D eigenvalue weighted by Crippen LogP contribution is -2.49. The predicted octanol–water partition coefficient (Wildman–Crippen LogP) is 2.54. The van der Waals surface area contributed by atoms with Crippen LogP contribution in [0.5, 0.6) is 0 Å². The van der Waals surface area contributed by atoms with E-state index in [1.54, 1.807) is 29.3 Å². The van der Waals surface area contributed by atoms with E-state index in [-0.39, 0.29) is 11.8 Å². The van der Waals surface area contributed by atoms with Crippen LogP contribution in [0.25, 0.3) is 0 Å². The number of aryl methyl sites for hydroxylation is 1. The number of H-pyrrole nitrogens is 1. The number of hydrogen-bond acceptors (Lipinski definition) is 7. The van der Waals surface area contributed by atoms with Gasteiger partial charge in [-0.3, -0.25) is 19.7 Å². The molecule has 0 unspecified atom stereocenters. The van der Waals surface area contributed by atoms with Gasteiger partial charge in [-0.05, 0) is 45.0 Å². The van der Waals surface area contributed by atoms with Gasteiger partial charge in [-0.15, -0.1) is 0 Å². The summed E-state index contributed by atoms with van der Waals surface area (Å²) >= 11 is 0. The van der Waals surface area contributed by atoms with E-state index < -0.39 is 0 Å². The van der Waals surface area contributed by atoms with Gasteiger partial charge >= 0.3 is 0 Å². The van der Waals surface area contributed by atoms with Gasteiger partial charge in [0, 0.05) is 56.4 Å². The quantitative estimate of drug-likeness (QED) is 0.530. The summed E-state index contributed by atoms with van der Waals surface area (Å²) in [5.74, 6) is 0.864. The Kier molecular flexibility index (Phi) is 6.53. The van der Waals surface area contributed by atoms with E-state index in [1.165, 1.54) is 6.20 Å². The highest BCUT2D eigenvalue weighted by Gasteiger charge is 2.25. The van der Waals surface area contributed by atoms with E-state index in [2.05, 4.69) is 49.5 Å². The third-order valence-corrected chi connectivity index (χ3v) is 5.29. The molecule has 1 saturated heterocycles. The third-order valence-electron chi connectivity index (χ3n) is 5.29. The summed E-state index contributed by atoms with van der Waals surface area (Å²) in [5.41, 5.74) is 2.51. The molecule has 1 aliphatic rings. The minimum absolute atomic E-state index is 0.147. The maximum Gasteiger partial charge on any atom is 0.272 e. The molecule has 10 nitrogen and oxygen atoms in total. The van der Waals surface area contributed by atoms with Gasteiger partial charge in [0.15, 0.2) is 11.6 Å². The fourth-order valence-electron chi connectivity index (χ4n) is 3.68. The minimum Gasteiger partial charge on any atom is -0.380 e. The molecule has 0 aliphatic carbocycles. The molecule has 0 spiro atoms. The standard InChI is InChI=1S/C23H28N8O2/c1-15(2)26-18-5-4-8-24-21(18)30-9-11-31(12-10-30)23(33)19-7-6-17(14-25-19)22(32)27-20-13-16(3)28-29-20/h4-8,13-15,26H,9-12H2,1-3H3,(H2,27,28,29,32). The van der Waals surface area contributed by atoms with E-state index in [0.717, 1.165) is 17.2 Å². The number of pyridine rings is 2. The average Bonchev–Trinajstić information content (AvgIpc) is 3.23. The van der Waals surface area contributed by atoms with Crippen molar-refractivity contribution in [3.05, 3.63) is 59.7 Å². The SMILES string of the molecule is Cc1cc(NC(=O)c2ccc(C(=O)N3CCN(c4ncccc4NC(C)C)CC3)nc2)n[nH]1. The molecule has 4 heterocycles. The zero-order valence-electron chi connectivity index (χ0n) is 19.0. The zero-order chi connectivity index (χ0) is 23.4. The van der Waals surface area contributed by atoms with Crippen LogP contribution in [-0.2, 0) is 0 Å². The van der Waals surface area contributed by atoms with Gasteiger partial charge in [0.25, 0.3) is 11.8 Å². The van der Waals surface area contributed by atoms with Gasteiger partial charge in [-0.1, -0.05) is 0 Å². The van der Waals surface area contributed by atoms with Crippen molar-refractivity contribution in [2.45, 2.75) is 26.8 Å². The summed E-state index contributed by atoms with van der Waals surface area (Å²) in [6.07, 6.45) is 3.20. The molecular weight excluding hydrogens is 420 g/mol. The highest BCUT2D eigenvalue weighted by Crippen LogP contribution is 2.24. The Labute approximate surface area is 192 Å².